The Morgan fingerprint density at radius 1 is 0.731 bits per heavy atom. The van der Waals surface area contributed by atoms with Gasteiger partial charge in [0.1, 0.15) is 0 Å². The molecule has 0 aliphatic carbocycles. The van der Waals surface area contributed by atoms with Gasteiger partial charge in [0.25, 0.3) is 0 Å². The highest BCUT2D eigenvalue weighted by Crippen LogP contribution is 2.24. The second-order valence-electron chi connectivity index (χ2n) is 5.17. The molecule has 0 saturated carbocycles. The van der Waals surface area contributed by atoms with E-state index in [1.54, 1.807) is 26.0 Å². The predicted octanol–water partition coefficient (Wildman–Crippen LogP) is 1.64. The summed E-state index contributed by atoms with van der Waals surface area (Å²) in [7, 11) is 2.43. The molecule has 0 aliphatic heterocycles. The van der Waals surface area contributed by atoms with Gasteiger partial charge >= 0.3 is 11.9 Å². The molecule has 26 heavy (non-hydrogen) atoms. The largest absolute Gasteiger partial charge is 0.466 e. The average Bonchev–Trinajstić information content (AvgIpc) is 2.61. The zero-order chi connectivity index (χ0) is 19.7. The smallest absolute Gasteiger partial charge is 0.330 e. The maximum absolute atomic E-state index is 11.8. The van der Waals surface area contributed by atoms with E-state index in [-0.39, 0.29) is 0 Å². The summed E-state index contributed by atoms with van der Waals surface area (Å²) in [5.74, 6) is -2.25. The van der Waals surface area contributed by atoms with E-state index in [9.17, 15) is 19.2 Å². The topological polar surface area (TPSA) is 111 Å². The summed E-state index contributed by atoms with van der Waals surface area (Å²) in [4.78, 5) is 45.6. The summed E-state index contributed by atoms with van der Waals surface area (Å²) < 4.78 is 8.82. The van der Waals surface area contributed by atoms with Crippen molar-refractivity contribution in [2.45, 2.75) is 13.8 Å². The van der Waals surface area contributed by atoms with Crippen molar-refractivity contribution in [3.05, 3.63) is 47.6 Å². The van der Waals surface area contributed by atoms with Gasteiger partial charge in [0.05, 0.1) is 14.2 Å². The lowest BCUT2D eigenvalue weighted by molar-refractivity contribution is -0.135. The summed E-state index contributed by atoms with van der Waals surface area (Å²) in [5.41, 5.74) is 2.46. The minimum atomic E-state index is -0.633. The minimum absolute atomic E-state index is 0.490. The summed E-state index contributed by atoms with van der Waals surface area (Å²) in [5, 5.41) is 5.27. The van der Waals surface area contributed by atoms with E-state index in [0.717, 1.165) is 24.3 Å². The van der Waals surface area contributed by atoms with Crippen molar-refractivity contribution in [3.63, 3.8) is 0 Å². The van der Waals surface area contributed by atoms with Crippen LogP contribution in [0.3, 0.4) is 0 Å². The van der Waals surface area contributed by atoms with Crippen LogP contribution < -0.4 is 10.6 Å². The van der Waals surface area contributed by atoms with Crippen LogP contribution in [-0.4, -0.2) is 38.0 Å². The SMILES string of the molecule is COC(=O)/C=C\C(=O)Nc1cc(C)c(NC(=O)/C=C\C(=O)OC)cc1C. The van der Waals surface area contributed by atoms with Crippen molar-refractivity contribution in [1.29, 1.82) is 0 Å². The van der Waals surface area contributed by atoms with Crippen molar-refractivity contribution in [2.24, 2.45) is 0 Å². The van der Waals surface area contributed by atoms with Gasteiger partial charge in [-0.05, 0) is 37.1 Å². The lowest BCUT2D eigenvalue weighted by atomic mass is 10.1. The lowest BCUT2D eigenvalue weighted by Crippen LogP contribution is -2.13. The first kappa shape index (κ1) is 20.6. The highest BCUT2D eigenvalue weighted by atomic mass is 16.5. The van der Waals surface area contributed by atoms with Crippen LogP contribution in [0.2, 0.25) is 0 Å². The molecule has 0 heterocycles. The maximum Gasteiger partial charge on any atom is 0.330 e. The first-order valence-electron chi connectivity index (χ1n) is 7.52. The Labute approximate surface area is 150 Å². The number of benzene rings is 1. The van der Waals surface area contributed by atoms with Crippen LogP contribution >= 0.6 is 0 Å². The quantitative estimate of drug-likeness (QED) is 0.589. The summed E-state index contributed by atoms with van der Waals surface area (Å²) in [6.07, 6.45) is 4.15. The van der Waals surface area contributed by atoms with Crippen molar-refractivity contribution >= 4 is 35.1 Å². The number of rotatable bonds is 6. The second-order valence-corrected chi connectivity index (χ2v) is 5.17. The van der Waals surface area contributed by atoms with E-state index < -0.39 is 23.8 Å². The monoisotopic (exact) mass is 360 g/mol. The molecule has 1 aromatic carbocycles. The molecule has 0 atom stereocenters. The third kappa shape index (κ3) is 6.60. The van der Waals surface area contributed by atoms with Crippen molar-refractivity contribution < 1.29 is 28.7 Å². The van der Waals surface area contributed by atoms with E-state index in [1.165, 1.54) is 14.2 Å². The Hall–Kier alpha value is -3.42. The molecule has 0 aliphatic rings. The van der Waals surface area contributed by atoms with Crippen LogP contribution in [-0.2, 0) is 28.7 Å². The van der Waals surface area contributed by atoms with Gasteiger partial charge in [-0.25, -0.2) is 9.59 Å². The van der Waals surface area contributed by atoms with Gasteiger partial charge in [-0.1, -0.05) is 0 Å². The van der Waals surface area contributed by atoms with Crippen molar-refractivity contribution in [2.75, 3.05) is 24.9 Å². The Morgan fingerprint density at radius 2 is 1.08 bits per heavy atom. The predicted molar refractivity (Wildman–Crippen MR) is 95.5 cm³/mol. The first-order chi connectivity index (χ1) is 12.3. The molecular weight excluding hydrogens is 340 g/mol. The number of amides is 2. The number of anilines is 2. The highest BCUT2D eigenvalue weighted by Gasteiger charge is 2.09. The standard InChI is InChI=1S/C18H20N2O6/c1-11-9-14(20-16(22)6-8-18(24)26-4)12(2)10-13(11)19-15(21)5-7-17(23)25-3/h5-10H,1-4H3,(H,19,21)(H,20,22)/b7-5-,8-6-. The fourth-order valence-electron chi connectivity index (χ4n) is 1.86. The summed E-state index contributed by atoms with van der Waals surface area (Å²) in [6, 6.07) is 3.36. The Balaban J connectivity index is 2.85. The van der Waals surface area contributed by atoms with Crippen LogP contribution in [0.25, 0.3) is 0 Å². The Bertz CT molecular complexity index is 714. The molecule has 8 heteroatoms. The normalized spacial score (nSPS) is 10.6. The number of aryl methyl sites for hydroxylation is 2. The number of carbonyl (C=O) groups excluding carboxylic acids is 4. The molecule has 2 amide bonds. The molecule has 8 nitrogen and oxygen atoms in total. The van der Waals surface area contributed by atoms with E-state index in [2.05, 4.69) is 20.1 Å². The summed E-state index contributed by atoms with van der Waals surface area (Å²) >= 11 is 0. The molecule has 0 aromatic heterocycles. The van der Waals surface area contributed by atoms with Crippen LogP contribution in [0.4, 0.5) is 11.4 Å². The fourth-order valence-corrected chi connectivity index (χ4v) is 1.86. The Kier molecular flexibility index (Phi) is 7.75. The molecule has 0 unspecified atom stereocenters. The molecular formula is C18H20N2O6. The second kappa shape index (κ2) is 9.77. The zero-order valence-electron chi connectivity index (χ0n) is 14.9. The van der Waals surface area contributed by atoms with Gasteiger partial charge in [0.2, 0.25) is 11.8 Å². The number of hydrogen-bond acceptors (Lipinski definition) is 6. The number of carbonyl (C=O) groups is 4. The van der Waals surface area contributed by atoms with Gasteiger partial charge in [-0.2, -0.15) is 0 Å². The maximum atomic E-state index is 11.8. The van der Waals surface area contributed by atoms with E-state index >= 15 is 0 Å². The zero-order valence-corrected chi connectivity index (χ0v) is 14.9. The third-order valence-electron chi connectivity index (χ3n) is 3.23. The molecule has 2 N–H and O–H groups in total. The van der Waals surface area contributed by atoms with Gasteiger partial charge in [-0.3, -0.25) is 9.59 Å². The first-order valence-corrected chi connectivity index (χ1v) is 7.52. The van der Waals surface area contributed by atoms with E-state index in [0.29, 0.717) is 22.5 Å². The van der Waals surface area contributed by atoms with Crippen molar-refractivity contribution in [1.82, 2.24) is 0 Å². The lowest BCUT2D eigenvalue weighted by Gasteiger charge is -2.13. The van der Waals surface area contributed by atoms with Gasteiger partial charge in [-0.15, -0.1) is 0 Å². The van der Waals surface area contributed by atoms with Crippen LogP contribution in [0.15, 0.2) is 36.4 Å². The van der Waals surface area contributed by atoms with E-state index in [1.807, 2.05) is 0 Å². The molecule has 0 bridgehead atoms. The minimum Gasteiger partial charge on any atom is -0.466 e. The molecule has 0 radical (unpaired) electrons. The average molecular weight is 360 g/mol. The number of ether oxygens (including phenoxy) is 2. The van der Waals surface area contributed by atoms with Crippen LogP contribution in [0, 0.1) is 13.8 Å². The van der Waals surface area contributed by atoms with E-state index in [4.69, 9.17) is 0 Å². The number of nitrogens with one attached hydrogen (secondary N) is 2. The van der Waals surface area contributed by atoms with Gasteiger partial charge < -0.3 is 20.1 Å². The Morgan fingerprint density at radius 3 is 1.38 bits per heavy atom. The number of esters is 2. The molecule has 0 spiro atoms. The third-order valence-corrected chi connectivity index (χ3v) is 3.23. The molecule has 0 saturated heterocycles. The molecule has 138 valence electrons. The number of hydrogen-bond donors (Lipinski definition) is 2. The fraction of sp³-hybridized carbons (Fsp3) is 0.222. The molecule has 1 aromatic rings. The van der Waals surface area contributed by atoms with Crippen molar-refractivity contribution in [3.8, 4) is 0 Å². The summed E-state index contributed by atoms with van der Waals surface area (Å²) in [6.45, 7) is 3.50. The molecule has 0 fully saturated rings. The van der Waals surface area contributed by atoms with Gasteiger partial charge in [0, 0.05) is 35.7 Å². The van der Waals surface area contributed by atoms with Gasteiger partial charge in [0.15, 0.2) is 0 Å². The van der Waals surface area contributed by atoms with Crippen LogP contribution in [0.5, 0.6) is 0 Å². The highest BCUT2D eigenvalue weighted by molar-refractivity contribution is 6.04. The van der Waals surface area contributed by atoms with Crippen LogP contribution in [0.1, 0.15) is 11.1 Å². The molecule has 1 rings (SSSR count). The number of methoxy groups -OCH3 is 2.